The van der Waals surface area contributed by atoms with Crippen molar-refractivity contribution in [3.63, 3.8) is 0 Å². The summed E-state index contributed by atoms with van der Waals surface area (Å²) in [5.74, 6) is 4.40. The Morgan fingerprint density at radius 3 is 2.87 bits per heavy atom. The summed E-state index contributed by atoms with van der Waals surface area (Å²) in [7, 11) is 0. The molecule has 3 saturated carbocycles. The van der Waals surface area contributed by atoms with Gasteiger partial charge in [-0.25, -0.2) is 0 Å². The summed E-state index contributed by atoms with van der Waals surface area (Å²) in [6.07, 6.45) is 15.2. The van der Waals surface area contributed by atoms with Gasteiger partial charge in [-0.1, -0.05) is 37.1 Å². The Balaban J connectivity index is 1.26. The van der Waals surface area contributed by atoms with Crippen molar-refractivity contribution >= 4 is 0 Å². The zero-order valence-electron chi connectivity index (χ0n) is 19.6. The molecule has 4 aliphatic carbocycles. The molecule has 0 aromatic heterocycles. The van der Waals surface area contributed by atoms with Crippen LogP contribution in [0.15, 0.2) is 23.3 Å². The predicted molar refractivity (Wildman–Crippen MR) is 123 cm³/mol. The van der Waals surface area contributed by atoms with Crippen LogP contribution in [0.2, 0.25) is 0 Å². The van der Waals surface area contributed by atoms with Gasteiger partial charge < -0.3 is 10.1 Å². The third-order valence-electron chi connectivity index (χ3n) is 11.0. The summed E-state index contributed by atoms with van der Waals surface area (Å²) in [5, 5.41) is 3.82. The number of ether oxygens (including phenoxy) is 1. The molecule has 0 aromatic carbocycles. The van der Waals surface area contributed by atoms with Gasteiger partial charge in [0.2, 0.25) is 0 Å². The van der Waals surface area contributed by atoms with Crippen molar-refractivity contribution in [1.82, 2.24) is 5.32 Å². The van der Waals surface area contributed by atoms with Gasteiger partial charge in [-0.15, -0.1) is 0 Å². The average molecular weight is 410 g/mol. The molecule has 0 amide bonds. The van der Waals surface area contributed by atoms with Crippen molar-refractivity contribution in [2.24, 2.45) is 35.0 Å². The van der Waals surface area contributed by atoms with Gasteiger partial charge in [-0.05, 0) is 119 Å². The molecular formula is C28H43NO. The lowest BCUT2D eigenvalue weighted by molar-refractivity contribution is -0.0632. The lowest BCUT2D eigenvalue weighted by Gasteiger charge is -2.53. The van der Waals surface area contributed by atoms with Gasteiger partial charge in [0.1, 0.15) is 0 Å². The second-order valence-corrected chi connectivity index (χ2v) is 12.7. The number of hydrogen-bond acceptors (Lipinski definition) is 2. The first kappa shape index (κ1) is 20.0. The average Bonchev–Trinajstić information content (AvgIpc) is 3.22. The molecule has 0 bridgehead atoms. The maximum absolute atomic E-state index is 6.93. The van der Waals surface area contributed by atoms with Crippen LogP contribution in [-0.2, 0) is 4.74 Å². The van der Waals surface area contributed by atoms with E-state index in [0.717, 1.165) is 29.6 Å². The fourth-order valence-electron chi connectivity index (χ4n) is 9.34. The molecule has 2 aliphatic heterocycles. The van der Waals surface area contributed by atoms with Crippen LogP contribution in [0.4, 0.5) is 0 Å². The second-order valence-electron chi connectivity index (χ2n) is 12.7. The van der Waals surface area contributed by atoms with Crippen molar-refractivity contribution < 1.29 is 4.74 Å². The van der Waals surface area contributed by atoms with E-state index in [0.29, 0.717) is 17.6 Å². The van der Waals surface area contributed by atoms with Gasteiger partial charge in [0.05, 0.1) is 11.7 Å². The quantitative estimate of drug-likeness (QED) is 0.466. The second kappa shape index (κ2) is 6.95. The van der Waals surface area contributed by atoms with Crippen LogP contribution in [0.1, 0.15) is 91.4 Å². The molecule has 0 aromatic rings. The molecule has 1 N–H and O–H groups in total. The highest BCUT2D eigenvalue weighted by Gasteiger charge is 2.57. The molecule has 30 heavy (non-hydrogen) atoms. The molecule has 9 unspecified atom stereocenters. The number of nitrogens with one attached hydrogen (secondary N) is 1. The predicted octanol–water partition coefficient (Wildman–Crippen LogP) is 6.42. The third kappa shape index (κ3) is 2.95. The van der Waals surface area contributed by atoms with E-state index in [1.165, 1.54) is 82.7 Å². The minimum atomic E-state index is 0.132. The number of allylic oxidation sites excluding steroid dienone is 2. The van der Waals surface area contributed by atoms with Crippen molar-refractivity contribution in [2.45, 2.75) is 109 Å². The highest BCUT2D eigenvalue weighted by Crippen LogP contribution is 2.65. The van der Waals surface area contributed by atoms with Crippen molar-refractivity contribution in [2.75, 3.05) is 6.54 Å². The van der Waals surface area contributed by atoms with Gasteiger partial charge >= 0.3 is 0 Å². The minimum Gasteiger partial charge on any atom is -0.370 e. The molecule has 2 nitrogen and oxygen atoms in total. The molecule has 2 heterocycles. The van der Waals surface area contributed by atoms with Gasteiger partial charge in [0.15, 0.2) is 0 Å². The van der Waals surface area contributed by atoms with Gasteiger partial charge in [-0.2, -0.15) is 0 Å². The van der Waals surface area contributed by atoms with E-state index in [9.17, 15) is 0 Å². The topological polar surface area (TPSA) is 21.3 Å². The van der Waals surface area contributed by atoms with E-state index in [2.05, 4.69) is 32.7 Å². The largest absolute Gasteiger partial charge is 0.370 e. The van der Waals surface area contributed by atoms with Gasteiger partial charge in [0.25, 0.3) is 0 Å². The van der Waals surface area contributed by atoms with Crippen molar-refractivity contribution in [3.05, 3.63) is 23.3 Å². The minimum absolute atomic E-state index is 0.132. The maximum Gasteiger partial charge on any atom is 0.0740 e. The van der Waals surface area contributed by atoms with Crippen LogP contribution < -0.4 is 5.32 Å². The van der Waals surface area contributed by atoms with E-state index >= 15 is 0 Å². The summed E-state index contributed by atoms with van der Waals surface area (Å²) in [6.45, 7) is 13.1. The lowest BCUT2D eigenvalue weighted by Crippen LogP contribution is -2.45. The molecule has 2 saturated heterocycles. The van der Waals surface area contributed by atoms with Crippen LogP contribution in [0.25, 0.3) is 0 Å². The standard InChI is InChI=1S/C28H43NO/c1-17-7-9-27(4)20(11-17)5-6-22-21-8-10-28(14-19(3)23(21)13-24(22)27)15-25-26(30-28)12-18(2)16-29-25/h18,20-22,24-26,29H,1,5-16H2,2-4H3. The van der Waals surface area contributed by atoms with E-state index in [-0.39, 0.29) is 5.60 Å². The summed E-state index contributed by atoms with van der Waals surface area (Å²) in [6, 6.07) is 0.606. The van der Waals surface area contributed by atoms with Crippen molar-refractivity contribution in [1.29, 1.82) is 0 Å². The first-order valence-corrected chi connectivity index (χ1v) is 13.1. The first-order chi connectivity index (χ1) is 14.4. The van der Waals surface area contributed by atoms with Gasteiger partial charge in [-0.3, -0.25) is 0 Å². The van der Waals surface area contributed by atoms with E-state index in [1.807, 2.05) is 5.57 Å². The Bertz CT molecular complexity index is 769. The number of hydrogen-bond donors (Lipinski definition) is 1. The third-order valence-corrected chi connectivity index (χ3v) is 11.0. The molecule has 5 fully saturated rings. The van der Waals surface area contributed by atoms with Crippen LogP contribution in [-0.4, -0.2) is 24.3 Å². The maximum atomic E-state index is 6.93. The molecule has 2 heteroatoms. The van der Waals surface area contributed by atoms with Crippen LogP contribution in [0, 0.1) is 35.0 Å². The summed E-state index contributed by atoms with van der Waals surface area (Å²) in [5.41, 5.74) is 5.84. The summed E-state index contributed by atoms with van der Waals surface area (Å²) >= 11 is 0. The lowest BCUT2D eigenvalue weighted by atomic mass is 9.52. The zero-order valence-corrected chi connectivity index (χ0v) is 19.6. The fourth-order valence-corrected chi connectivity index (χ4v) is 9.34. The normalized spacial score (nSPS) is 53.2. The van der Waals surface area contributed by atoms with E-state index in [4.69, 9.17) is 4.74 Å². The smallest absolute Gasteiger partial charge is 0.0740 e. The number of rotatable bonds is 0. The van der Waals surface area contributed by atoms with Crippen molar-refractivity contribution in [3.8, 4) is 0 Å². The zero-order chi connectivity index (χ0) is 20.7. The van der Waals surface area contributed by atoms with Gasteiger partial charge in [0, 0.05) is 6.04 Å². The van der Waals surface area contributed by atoms with E-state index < -0.39 is 0 Å². The summed E-state index contributed by atoms with van der Waals surface area (Å²) < 4.78 is 6.93. The Morgan fingerprint density at radius 2 is 2.00 bits per heavy atom. The number of piperidine rings is 1. The molecule has 1 spiro atoms. The molecule has 6 rings (SSSR count). The molecular weight excluding hydrogens is 366 g/mol. The Morgan fingerprint density at radius 1 is 1.13 bits per heavy atom. The highest BCUT2D eigenvalue weighted by atomic mass is 16.5. The molecule has 166 valence electrons. The fraction of sp³-hybridized carbons (Fsp3) is 0.857. The first-order valence-electron chi connectivity index (χ1n) is 13.1. The Labute approximate surface area is 184 Å². The Kier molecular flexibility index (Phi) is 4.64. The van der Waals surface area contributed by atoms with Crippen LogP contribution in [0.3, 0.4) is 0 Å². The molecule has 9 atom stereocenters. The molecule has 0 radical (unpaired) electrons. The molecule has 6 aliphatic rings. The highest BCUT2D eigenvalue weighted by molar-refractivity contribution is 5.29. The van der Waals surface area contributed by atoms with E-state index in [1.54, 1.807) is 5.57 Å². The van der Waals surface area contributed by atoms with Crippen LogP contribution in [0.5, 0.6) is 0 Å². The Hall–Kier alpha value is -0.600. The summed E-state index contributed by atoms with van der Waals surface area (Å²) in [4.78, 5) is 0. The monoisotopic (exact) mass is 409 g/mol. The van der Waals surface area contributed by atoms with Crippen LogP contribution >= 0.6 is 0 Å². The SMILES string of the molecule is C=C1CCC2(C)C(CCC3C4CCC5(CC(C)=C4CC32)CC2NCC(C)CC2O5)C1. The number of fused-ring (bicyclic) bond motifs is 6.